The van der Waals surface area contributed by atoms with Gasteiger partial charge in [-0.05, 0) is 40.5 Å². The minimum atomic E-state index is -4.46. The van der Waals surface area contributed by atoms with Crippen LogP contribution in [0.1, 0.15) is 12.0 Å². The fourth-order valence-electron chi connectivity index (χ4n) is 2.05. The van der Waals surface area contributed by atoms with Crippen molar-refractivity contribution in [2.45, 2.75) is 23.1 Å². The molecule has 1 heterocycles. The lowest BCUT2D eigenvalue weighted by molar-refractivity contribution is -0.137. The third-order valence-electron chi connectivity index (χ3n) is 3.27. The number of aliphatic hydroxyl groups excluding tert-OH is 1. The second-order valence-corrected chi connectivity index (χ2v) is 7.20. The molecule has 0 aromatic heterocycles. The Morgan fingerprint density at radius 1 is 1.43 bits per heavy atom. The van der Waals surface area contributed by atoms with Gasteiger partial charge in [0.1, 0.15) is 16.6 Å². The fraction of sp³-hybridized carbons (Fsp3) is 0.500. The molecule has 21 heavy (non-hydrogen) atoms. The molecule has 9 heteroatoms. The van der Waals surface area contributed by atoms with E-state index in [4.69, 9.17) is 5.11 Å². The van der Waals surface area contributed by atoms with Crippen molar-refractivity contribution in [3.8, 4) is 0 Å². The largest absolute Gasteiger partial charge is 0.416 e. The van der Waals surface area contributed by atoms with Crippen molar-refractivity contribution in [2.24, 2.45) is 0 Å². The number of aliphatic hydroxyl groups is 2. The van der Waals surface area contributed by atoms with E-state index in [1.54, 1.807) is 0 Å². The normalized spacial score (nSPS) is 25.2. The summed E-state index contributed by atoms with van der Waals surface area (Å²) in [5.41, 5.74) is -2.14. The first kappa shape index (κ1) is 16.9. The molecule has 0 aliphatic carbocycles. The molecule has 1 aliphatic heterocycles. The van der Waals surface area contributed by atoms with Crippen molar-refractivity contribution in [1.82, 2.24) is 4.31 Å². The first-order chi connectivity index (χ1) is 9.66. The van der Waals surface area contributed by atoms with Crippen LogP contribution >= 0.6 is 15.9 Å². The van der Waals surface area contributed by atoms with Crippen LogP contribution in [0.3, 0.4) is 0 Å². The number of benzene rings is 1. The van der Waals surface area contributed by atoms with Gasteiger partial charge in [-0.15, -0.1) is 0 Å². The van der Waals surface area contributed by atoms with Gasteiger partial charge in [-0.25, -0.2) is 8.51 Å². The van der Waals surface area contributed by atoms with Gasteiger partial charge in [0, 0.05) is 17.6 Å². The van der Waals surface area contributed by atoms with E-state index in [2.05, 4.69) is 15.9 Å². The van der Waals surface area contributed by atoms with Crippen LogP contribution in [0.25, 0.3) is 0 Å². The average Bonchev–Trinajstić information content (AvgIpc) is 2.80. The topological polar surface area (TPSA) is 60.8 Å². The molecule has 2 N–H and O–H groups in total. The lowest BCUT2D eigenvalue weighted by atomic mass is 10.1. The number of halogens is 4. The number of hydrogen-bond donors (Lipinski definition) is 2. The van der Waals surface area contributed by atoms with E-state index < -0.39 is 34.9 Å². The first-order valence-electron chi connectivity index (χ1n) is 6.03. The van der Waals surface area contributed by atoms with Crippen LogP contribution in [0.4, 0.5) is 13.2 Å². The van der Waals surface area contributed by atoms with E-state index in [1.807, 2.05) is 0 Å². The van der Waals surface area contributed by atoms with Gasteiger partial charge in [-0.2, -0.15) is 13.2 Å². The van der Waals surface area contributed by atoms with Crippen LogP contribution in [-0.4, -0.2) is 44.0 Å². The first-order valence-corrected chi connectivity index (χ1v) is 7.93. The highest BCUT2D eigenvalue weighted by atomic mass is 79.9. The van der Waals surface area contributed by atoms with Crippen LogP contribution in [-0.2, 0) is 17.2 Å². The molecule has 0 spiro atoms. The van der Waals surface area contributed by atoms with Gasteiger partial charge in [-0.1, -0.05) is 0 Å². The Morgan fingerprint density at radius 3 is 2.57 bits per heavy atom. The zero-order valence-corrected chi connectivity index (χ0v) is 13.1. The number of β-amino-alcohol motifs (C(OH)–C–C–N with tert-alkyl or cyclic N) is 1. The number of rotatable bonds is 3. The minimum Gasteiger partial charge on any atom is -0.393 e. The average molecular weight is 388 g/mol. The summed E-state index contributed by atoms with van der Waals surface area (Å²) in [5.74, 6) is 0. The summed E-state index contributed by atoms with van der Waals surface area (Å²) in [6.07, 6.45) is -4.21. The number of hydrogen-bond acceptors (Lipinski definition) is 3. The molecule has 1 aromatic rings. The lowest BCUT2D eigenvalue weighted by Crippen LogP contribution is -2.37. The number of alkyl halides is 3. The molecule has 0 bridgehead atoms. The van der Waals surface area contributed by atoms with Gasteiger partial charge in [0.2, 0.25) is 0 Å². The summed E-state index contributed by atoms with van der Waals surface area (Å²) >= 11 is 3.00. The SMILES string of the molecule is O=S(c1ccc(C(F)(F)F)cc1Br)N1CCC(O)(CO)C1. The van der Waals surface area contributed by atoms with E-state index in [0.29, 0.717) is 0 Å². The molecule has 2 rings (SSSR count). The maximum absolute atomic E-state index is 12.6. The summed E-state index contributed by atoms with van der Waals surface area (Å²) in [6.45, 7) is -0.157. The zero-order chi connectivity index (χ0) is 15.8. The zero-order valence-electron chi connectivity index (χ0n) is 10.7. The minimum absolute atomic E-state index is 0.00355. The molecule has 1 saturated heterocycles. The Hall–Kier alpha value is -0.480. The predicted octanol–water partition coefficient (Wildman–Crippen LogP) is 1.92. The Kier molecular flexibility index (Phi) is 4.79. The maximum atomic E-state index is 12.6. The van der Waals surface area contributed by atoms with Crippen molar-refractivity contribution in [3.05, 3.63) is 28.2 Å². The summed E-state index contributed by atoms with van der Waals surface area (Å²) in [6, 6.07) is 2.90. The van der Waals surface area contributed by atoms with Gasteiger partial charge in [0.15, 0.2) is 0 Å². The molecule has 4 nitrogen and oxygen atoms in total. The molecular formula is C12H13BrF3NO3S. The Morgan fingerprint density at radius 2 is 2.10 bits per heavy atom. The van der Waals surface area contributed by atoms with Crippen LogP contribution in [0.15, 0.2) is 27.6 Å². The highest BCUT2D eigenvalue weighted by Crippen LogP contribution is 2.34. The smallest absolute Gasteiger partial charge is 0.393 e. The van der Waals surface area contributed by atoms with Crippen LogP contribution in [0.5, 0.6) is 0 Å². The molecule has 1 aliphatic rings. The van der Waals surface area contributed by atoms with Crippen molar-refractivity contribution in [1.29, 1.82) is 0 Å². The van der Waals surface area contributed by atoms with E-state index in [9.17, 15) is 22.5 Å². The Balaban J connectivity index is 2.21. The lowest BCUT2D eigenvalue weighted by Gasteiger charge is -2.20. The van der Waals surface area contributed by atoms with E-state index in [1.165, 1.54) is 4.31 Å². The summed E-state index contributed by atoms with van der Waals surface area (Å²) in [5, 5.41) is 19.0. The van der Waals surface area contributed by atoms with Crippen molar-refractivity contribution < 1.29 is 27.6 Å². The second-order valence-electron chi connectivity index (χ2n) is 4.89. The molecular weight excluding hydrogens is 375 g/mol. The fourth-order valence-corrected chi connectivity index (χ4v) is 4.14. The summed E-state index contributed by atoms with van der Waals surface area (Å²) < 4.78 is 51.6. The van der Waals surface area contributed by atoms with E-state index in [0.717, 1.165) is 18.2 Å². The molecule has 0 saturated carbocycles. The molecule has 2 atom stereocenters. The van der Waals surface area contributed by atoms with Gasteiger partial charge < -0.3 is 10.2 Å². The molecule has 118 valence electrons. The van der Waals surface area contributed by atoms with Gasteiger partial charge in [0.05, 0.1) is 17.1 Å². The van der Waals surface area contributed by atoms with Crippen molar-refractivity contribution in [3.63, 3.8) is 0 Å². The number of nitrogens with zero attached hydrogens (tertiary/aromatic N) is 1. The molecule has 1 aromatic carbocycles. The van der Waals surface area contributed by atoms with Crippen LogP contribution in [0.2, 0.25) is 0 Å². The predicted molar refractivity (Wildman–Crippen MR) is 73.8 cm³/mol. The third kappa shape index (κ3) is 3.65. The van der Waals surface area contributed by atoms with Crippen LogP contribution < -0.4 is 0 Å². The maximum Gasteiger partial charge on any atom is 0.416 e. The Labute approximate surface area is 130 Å². The third-order valence-corrected chi connectivity index (χ3v) is 5.70. The molecule has 2 unspecified atom stereocenters. The Bertz CT molecular complexity index is 569. The quantitative estimate of drug-likeness (QED) is 0.832. The highest BCUT2D eigenvalue weighted by Gasteiger charge is 2.39. The molecule has 1 fully saturated rings. The standard InChI is InChI=1S/C12H13BrF3NO3S/c13-9-5-8(12(14,15)16)1-2-10(9)21(20)17-4-3-11(19,6-17)7-18/h1-2,5,18-19H,3-4,6-7H2. The van der Waals surface area contributed by atoms with Gasteiger partial charge in [-0.3, -0.25) is 0 Å². The molecule has 0 radical (unpaired) electrons. The van der Waals surface area contributed by atoms with Gasteiger partial charge in [0.25, 0.3) is 0 Å². The monoisotopic (exact) mass is 387 g/mol. The molecule has 0 amide bonds. The second kappa shape index (κ2) is 5.96. The van der Waals surface area contributed by atoms with E-state index >= 15 is 0 Å². The summed E-state index contributed by atoms with van der Waals surface area (Å²) in [7, 11) is -1.71. The van der Waals surface area contributed by atoms with E-state index in [-0.39, 0.29) is 28.9 Å². The van der Waals surface area contributed by atoms with Gasteiger partial charge >= 0.3 is 6.18 Å². The van der Waals surface area contributed by atoms with Crippen molar-refractivity contribution >= 4 is 26.9 Å². The summed E-state index contributed by atoms with van der Waals surface area (Å²) in [4.78, 5) is 0.199. The van der Waals surface area contributed by atoms with Crippen LogP contribution in [0, 0.1) is 0 Å². The van der Waals surface area contributed by atoms with Crippen molar-refractivity contribution in [2.75, 3.05) is 19.7 Å². The highest BCUT2D eigenvalue weighted by molar-refractivity contribution is 9.10.